The van der Waals surface area contributed by atoms with Gasteiger partial charge in [0.1, 0.15) is 0 Å². The van der Waals surface area contributed by atoms with Gasteiger partial charge in [-0.15, -0.1) is 0 Å². The number of methoxy groups -OCH3 is 1. The summed E-state index contributed by atoms with van der Waals surface area (Å²) in [5.41, 5.74) is 0.569. The Balaban J connectivity index is 2.01. The highest BCUT2D eigenvalue weighted by molar-refractivity contribution is 6.01. The number of hydrogen-bond donors (Lipinski definition) is 1. The number of amides is 1. The van der Waals surface area contributed by atoms with Crippen molar-refractivity contribution in [3.8, 4) is 5.75 Å². The molecule has 1 aromatic heterocycles. The first-order chi connectivity index (χ1) is 9.58. The van der Waals surface area contributed by atoms with E-state index in [-0.39, 0.29) is 11.7 Å². The Kier molecular flexibility index (Phi) is 4.14. The van der Waals surface area contributed by atoms with E-state index in [1.807, 2.05) is 0 Å². The van der Waals surface area contributed by atoms with Crippen LogP contribution in [0.3, 0.4) is 0 Å². The quantitative estimate of drug-likeness (QED) is 0.870. The summed E-state index contributed by atoms with van der Waals surface area (Å²) >= 11 is 0. The zero-order valence-electron chi connectivity index (χ0n) is 11.1. The van der Waals surface area contributed by atoms with Crippen molar-refractivity contribution in [3.05, 3.63) is 47.9 Å². The summed E-state index contributed by atoms with van der Waals surface area (Å²) in [5.74, 6) is -0.178. The van der Waals surface area contributed by atoms with Gasteiger partial charge in [-0.2, -0.15) is 5.10 Å². The lowest BCUT2D eigenvalue weighted by Crippen LogP contribution is -2.08. The Morgan fingerprint density at radius 1 is 1.45 bits per heavy atom. The molecule has 2 rings (SSSR count). The number of nitrogens with zero attached hydrogens (tertiary/aromatic N) is 2. The normalized spacial score (nSPS) is 10.8. The fourth-order valence-corrected chi connectivity index (χ4v) is 1.61. The van der Waals surface area contributed by atoms with Crippen LogP contribution in [-0.4, -0.2) is 22.8 Å². The van der Waals surface area contributed by atoms with Gasteiger partial charge in [-0.25, -0.2) is 4.39 Å². The van der Waals surface area contributed by atoms with Crippen molar-refractivity contribution in [2.75, 3.05) is 12.4 Å². The number of benzene rings is 1. The van der Waals surface area contributed by atoms with Gasteiger partial charge in [-0.05, 0) is 23.8 Å². The molecule has 0 aliphatic carbocycles. The van der Waals surface area contributed by atoms with Crippen molar-refractivity contribution in [3.63, 3.8) is 0 Å². The van der Waals surface area contributed by atoms with Crippen LogP contribution >= 0.6 is 0 Å². The topological polar surface area (TPSA) is 56.1 Å². The Bertz CT molecular complexity index is 650. The van der Waals surface area contributed by atoms with E-state index in [1.54, 1.807) is 30.1 Å². The minimum absolute atomic E-state index is 0.167. The molecule has 1 aromatic carbocycles. The van der Waals surface area contributed by atoms with E-state index in [0.29, 0.717) is 11.4 Å². The Morgan fingerprint density at radius 3 is 2.85 bits per heavy atom. The standard InChI is InChI=1S/C14H14FN3O2/c1-18-8-7-13(17-18)16-14(19)6-4-10-3-5-12(20-2)11(15)9-10/h3-9H,1-2H3,(H,16,17,19)/b6-4+. The summed E-state index contributed by atoms with van der Waals surface area (Å²) in [6, 6.07) is 6.14. The minimum Gasteiger partial charge on any atom is -0.494 e. The molecular formula is C14H14FN3O2. The number of halogens is 1. The molecule has 0 unspecified atom stereocenters. The summed E-state index contributed by atoms with van der Waals surface area (Å²) < 4.78 is 19.9. The summed E-state index contributed by atoms with van der Waals surface area (Å²) in [6.07, 6.45) is 4.55. The van der Waals surface area contributed by atoms with Crippen LogP contribution in [0.15, 0.2) is 36.5 Å². The predicted octanol–water partition coefficient (Wildman–Crippen LogP) is 2.22. The molecule has 0 bridgehead atoms. The van der Waals surface area contributed by atoms with Crippen molar-refractivity contribution >= 4 is 17.8 Å². The van der Waals surface area contributed by atoms with Crippen molar-refractivity contribution in [1.29, 1.82) is 0 Å². The van der Waals surface area contributed by atoms with E-state index in [4.69, 9.17) is 4.74 Å². The third-order valence-electron chi connectivity index (χ3n) is 2.57. The highest BCUT2D eigenvalue weighted by Gasteiger charge is 2.03. The molecule has 0 atom stereocenters. The molecule has 104 valence electrons. The largest absolute Gasteiger partial charge is 0.494 e. The second kappa shape index (κ2) is 6.01. The van der Waals surface area contributed by atoms with E-state index in [2.05, 4.69) is 10.4 Å². The zero-order valence-corrected chi connectivity index (χ0v) is 11.1. The van der Waals surface area contributed by atoms with E-state index in [1.165, 1.54) is 31.4 Å². The molecule has 6 heteroatoms. The van der Waals surface area contributed by atoms with Crippen LogP contribution in [0.5, 0.6) is 5.75 Å². The van der Waals surface area contributed by atoms with E-state index in [9.17, 15) is 9.18 Å². The number of rotatable bonds is 4. The molecule has 20 heavy (non-hydrogen) atoms. The minimum atomic E-state index is -0.472. The van der Waals surface area contributed by atoms with Crippen molar-refractivity contribution in [2.24, 2.45) is 7.05 Å². The fourth-order valence-electron chi connectivity index (χ4n) is 1.61. The molecule has 0 saturated carbocycles. The first-order valence-electron chi connectivity index (χ1n) is 5.91. The first-order valence-corrected chi connectivity index (χ1v) is 5.91. The van der Waals surface area contributed by atoms with Crippen LogP contribution in [0.4, 0.5) is 10.2 Å². The van der Waals surface area contributed by atoms with Crippen LogP contribution in [0.2, 0.25) is 0 Å². The lowest BCUT2D eigenvalue weighted by Gasteiger charge is -2.02. The molecule has 1 heterocycles. The smallest absolute Gasteiger partial charge is 0.249 e. The molecule has 1 amide bonds. The maximum atomic E-state index is 13.5. The summed E-state index contributed by atoms with van der Waals surface area (Å²) in [7, 11) is 3.15. The molecule has 1 N–H and O–H groups in total. The van der Waals surface area contributed by atoms with E-state index in [0.717, 1.165) is 0 Å². The second-order valence-electron chi connectivity index (χ2n) is 4.09. The third-order valence-corrected chi connectivity index (χ3v) is 2.57. The van der Waals surface area contributed by atoms with Crippen LogP contribution in [0.25, 0.3) is 6.08 Å². The van der Waals surface area contributed by atoms with Crippen LogP contribution in [0, 0.1) is 5.82 Å². The van der Waals surface area contributed by atoms with Crippen molar-refractivity contribution in [1.82, 2.24) is 9.78 Å². The molecular weight excluding hydrogens is 261 g/mol. The van der Waals surface area contributed by atoms with Gasteiger partial charge in [-0.3, -0.25) is 9.48 Å². The summed E-state index contributed by atoms with van der Waals surface area (Å²) in [6.45, 7) is 0. The van der Waals surface area contributed by atoms with Gasteiger partial charge < -0.3 is 10.1 Å². The SMILES string of the molecule is COc1ccc(/C=C/C(=O)Nc2ccn(C)n2)cc1F. The van der Waals surface area contributed by atoms with Crippen molar-refractivity contribution in [2.45, 2.75) is 0 Å². The van der Waals surface area contributed by atoms with Gasteiger partial charge in [0.05, 0.1) is 7.11 Å². The molecule has 0 aliphatic rings. The molecule has 2 aromatic rings. The van der Waals surface area contributed by atoms with Crippen LogP contribution in [0.1, 0.15) is 5.56 Å². The number of hydrogen-bond acceptors (Lipinski definition) is 3. The van der Waals surface area contributed by atoms with Gasteiger partial charge in [0.2, 0.25) is 5.91 Å². The summed E-state index contributed by atoms with van der Waals surface area (Å²) in [4.78, 5) is 11.6. The van der Waals surface area contributed by atoms with Gasteiger partial charge in [0.15, 0.2) is 17.4 Å². The van der Waals surface area contributed by atoms with E-state index < -0.39 is 5.82 Å². The van der Waals surface area contributed by atoms with Gasteiger partial charge in [-0.1, -0.05) is 6.07 Å². The molecule has 5 nitrogen and oxygen atoms in total. The number of carbonyl (C=O) groups is 1. The monoisotopic (exact) mass is 275 g/mol. The van der Waals surface area contributed by atoms with E-state index >= 15 is 0 Å². The molecule has 0 radical (unpaired) electrons. The number of aromatic nitrogens is 2. The highest BCUT2D eigenvalue weighted by Crippen LogP contribution is 2.18. The maximum absolute atomic E-state index is 13.5. The number of anilines is 1. The number of aryl methyl sites for hydroxylation is 1. The molecule has 0 aliphatic heterocycles. The van der Waals surface area contributed by atoms with Gasteiger partial charge in [0.25, 0.3) is 0 Å². The highest BCUT2D eigenvalue weighted by atomic mass is 19.1. The third kappa shape index (κ3) is 3.44. The predicted molar refractivity (Wildman–Crippen MR) is 73.8 cm³/mol. The average Bonchev–Trinajstić information content (AvgIpc) is 2.82. The summed E-state index contributed by atoms with van der Waals surface area (Å²) in [5, 5.41) is 6.61. The number of ether oxygens (including phenoxy) is 1. The maximum Gasteiger partial charge on any atom is 0.249 e. The molecule has 0 fully saturated rings. The Labute approximate surface area is 115 Å². The Hall–Kier alpha value is -2.63. The molecule has 0 saturated heterocycles. The fraction of sp³-hybridized carbons (Fsp3) is 0.143. The lowest BCUT2D eigenvalue weighted by molar-refractivity contribution is -0.111. The zero-order chi connectivity index (χ0) is 14.5. The van der Waals surface area contributed by atoms with Gasteiger partial charge >= 0.3 is 0 Å². The van der Waals surface area contributed by atoms with Crippen LogP contribution < -0.4 is 10.1 Å². The van der Waals surface area contributed by atoms with Gasteiger partial charge in [0, 0.05) is 25.4 Å². The second-order valence-corrected chi connectivity index (χ2v) is 4.09. The number of carbonyl (C=O) groups excluding carboxylic acids is 1. The Morgan fingerprint density at radius 2 is 2.25 bits per heavy atom. The van der Waals surface area contributed by atoms with Crippen molar-refractivity contribution < 1.29 is 13.9 Å². The average molecular weight is 275 g/mol. The number of nitrogens with one attached hydrogen (secondary N) is 1. The molecule has 0 spiro atoms. The first kappa shape index (κ1) is 13.8. The lowest BCUT2D eigenvalue weighted by atomic mass is 10.2. The van der Waals surface area contributed by atoms with Crippen LogP contribution in [-0.2, 0) is 11.8 Å².